The molecule has 1 amide bonds. The van der Waals surface area contributed by atoms with E-state index in [1.54, 1.807) is 12.3 Å². The fraction of sp³-hybridized carbons (Fsp3) is 0.625. The molecule has 0 radical (unpaired) electrons. The maximum Gasteiger partial charge on any atom is 0.254 e. The van der Waals surface area contributed by atoms with Crippen LogP contribution in [0.15, 0.2) is 18.3 Å². The van der Waals surface area contributed by atoms with Crippen LogP contribution in [0, 0.1) is 5.92 Å². The number of pyridine rings is 1. The topological polar surface area (TPSA) is 59.2 Å². The highest BCUT2D eigenvalue weighted by molar-refractivity contribution is 5.94. The zero-order chi connectivity index (χ0) is 14.5. The fourth-order valence-corrected chi connectivity index (χ4v) is 2.90. The monoisotopic (exact) mass is 275 g/mol. The van der Waals surface area contributed by atoms with Crippen molar-refractivity contribution in [2.24, 2.45) is 11.7 Å². The maximum absolute atomic E-state index is 12.8. The van der Waals surface area contributed by atoms with E-state index in [1.165, 1.54) is 12.8 Å². The molecule has 2 rings (SSSR count). The van der Waals surface area contributed by atoms with Crippen molar-refractivity contribution in [1.82, 2.24) is 9.88 Å². The predicted octanol–water partition coefficient (Wildman–Crippen LogP) is 2.58. The molecule has 1 aromatic rings. The third-order valence-electron chi connectivity index (χ3n) is 3.86. The van der Waals surface area contributed by atoms with Crippen molar-refractivity contribution >= 4 is 5.91 Å². The van der Waals surface area contributed by atoms with Crippen LogP contribution in [0.25, 0.3) is 0 Å². The van der Waals surface area contributed by atoms with E-state index in [1.807, 2.05) is 6.07 Å². The number of carbonyl (C=O) groups is 1. The first-order chi connectivity index (χ1) is 9.61. The Morgan fingerprint density at radius 3 is 2.75 bits per heavy atom. The summed E-state index contributed by atoms with van der Waals surface area (Å²) >= 11 is 0. The summed E-state index contributed by atoms with van der Waals surface area (Å²) in [5.41, 5.74) is 7.10. The average molecular weight is 275 g/mol. The van der Waals surface area contributed by atoms with Gasteiger partial charge in [-0.25, -0.2) is 0 Å². The Labute approximate surface area is 121 Å². The zero-order valence-electron chi connectivity index (χ0n) is 12.5. The molecule has 0 unspecified atom stereocenters. The fourth-order valence-electron chi connectivity index (χ4n) is 2.90. The van der Waals surface area contributed by atoms with Crippen LogP contribution in [0.1, 0.15) is 55.6 Å². The first-order valence-electron chi connectivity index (χ1n) is 7.57. The molecule has 1 aromatic heterocycles. The lowest BCUT2D eigenvalue weighted by molar-refractivity contribution is 0.0655. The molecule has 4 nitrogen and oxygen atoms in total. The van der Waals surface area contributed by atoms with Crippen molar-refractivity contribution in [2.45, 2.75) is 52.1 Å². The van der Waals surface area contributed by atoms with Crippen molar-refractivity contribution in [2.75, 3.05) is 6.54 Å². The molecule has 1 heterocycles. The SMILES string of the molecule is CC(C)CN(C(=O)c1ccnc(CN)c1)C1CCCC1. The number of nitrogens with two attached hydrogens (primary N) is 1. The lowest BCUT2D eigenvalue weighted by atomic mass is 10.1. The van der Waals surface area contributed by atoms with Crippen LogP contribution in [0.3, 0.4) is 0 Å². The Bertz CT molecular complexity index is 453. The number of carbonyl (C=O) groups excluding carboxylic acids is 1. The van der Waals surface area contributed by atoms with Gasteiger partial charge >= 0.3 is 0 Å². The van der Waals surface area contributed by atoms with Gasteiger partial charge in [-0.1, -0.05) is 26.7 Å². The number of nitrogens with zero attached hydrogens (tertiary/aromatic N) is 2. The van der Waals surface area contributed by atoms with Crippen LogP contribution < -0.4 is 5.73 Å². The molecule has 20 heavy (non-hydrogen) atoms. The van der Waals surface area contributed by atoms with Gasteiger partial charge in [-0.3, -0.25) is 9.78 Å². The Kier molecular flexibility index (Phi) is 5.12. The highest BCUT2D eigenvalue weighted by Gasteiger charge is 2.27. The lowest BCUT2D eigenvalue weighted by Crippen LogP contribution is -2.41. The highest BCUT2D eigenvalue weighted by atomic mass is 16.2. The van der Waals surface area contributed by atoms with E-state index in [0.29, 0.717) is 24.1 Å². The predicted molar refractivity (Wildman–Crippen MR) is 80.3 cm³/mol. The molecule has 0 aromatic carbocycles. The summed E-state index contributed by atoms with van der Waals surface area (Å²) in [4.78, 5) is 19.0. The first-order valence-corrected chi connectivity index (χ1v) is 7.57. The molecule has 0 aliphatic heterocycles. The van der Waals surface area contributed by atoms with Gasteiger partial charge in [-0.2, -0.15) is 0 Å². The van der Waals surface area contributed by atoms with Crippen LogP contribution in [-0.4, -0.2) is 28.4 Å². The second-order valence-electron chi connectivity index (χ2n) is 6.03. The third-order valence-corrected chi connectivity index (χ3v) is 3.86. The molecule has 1 saturated carbocycles. The summed E-state index contributed by atoms with van der Waals surface area (Å²) in [6, 6.07) is 4.02. The standard InChI is InChI=1S/C16H25N3O/c1-12(2)11-19(15-5-3-4-6-15)16(20)13-7-8-18-14(9-13)10-17/h7-9,12,15H,3-6,10-11,17H2,1-2H3. The molecule has 0 spiro atoms. The highest BCUT2D eigenvalue weighted by Crippen LogP contribution is 2.25. The normalized spacial score (nSPS) is 15.8. The second kappa shape index (κ2) is 6.84. The van der Waals surface area contributed by atoms with E-state index in [9.17, 15) is 4.79 Å². The third kappa shape index (κ3) is 3.57. The van der Waals surface area contributed by atoms with Crippen LogP contribution in [-0.2, 0) is 6.54 Å². The Morgan fingerprint density at radius 2 is 2.15 bits per heavy atom. The molecule has 4 heteroatoms. The van der Waals surface area contributed by atoms with Crippen molar-refractivity contribution in [3.63, 3.8) is 0 Å². The van der Waals surface area contributed by atoms with Gasteiger partial charge in [0.1, 0.15) is 0 Å². The second-order valence-corrected chi connectivity index (χ2v) is 6.03. The minimum absolute atomic E-state index is 0.128. The molecule has 0 bridgehead atoms. The van der Waals surface area contributed by atoms with E-state index in [-0.39, 0.29) is 5.91 Å². The van der Waals surface area contributed by atoms with Gasteiger partial charge in [0.15, 0.2) is 0 Å². The first kappa shape index (κ1) is 15.0. The minimum atomic E-state index is 0.128. The Hall–Kier alpha value is -1.42. The van der Waals surface area contributed by atoms with Gasteiger partial charge in [0.25, 0.3) is 5.91 Å². The summed E-state index contributed by atoms with van der Waals surface area (Å²) in [7, 11) is 0. The van der Waals surface area contributed by atoms with E-state index in [4.69, 9.17) is 5.73 Å². The quantitative estimate of drug-likeness (QED) is 0.898. The van der Waals surface area contributed by atoms with Gasteiger partial charge in [-0.15, -0.1) is 0 Å². The zero-order valence-corrected chi connectivity index (χ0v) is 12.5. The molecule has 1 aliphatic rings. The molecular weight excluding hydrogens is 250 g/mol. The largest absolute Gasteiger partial charge is 0.335 e. The van der Waals surface area contributed by atoms with E-state index in [2.05, 4.69) is 23.7 Å². The summed E-state index contributed by atoms with van der Waals surface area (Å²) in [6.07, 6.45) is 6.41. The summed E-state index contributed by atoms with van der Waals surface area (Å²) in [6.45, 7) is 5.51. The van der Waals surface area contributed by atoms with Crippen molar-refractivity contribution in [3.8, 4) is 0 Å². The summed E-state index contributed by atoms with van der Waals surface area (Å²) in [5.74, 6) is 0.609. The summed E-state index contributed by atoms with van der Waals surface area (Å²) in [5, 5.41) is 0. The van der Waals surface area contributed by atoms with E-state index >= 15 is 0 Å². The number of hydrogen-bond acceptors (Lipinski definition) is 3. The molecule has 110 valence electrons. The number of aromatic nitrogens is 1. The molecule has 2 N–H and O–H groups in total. The number of amides is 1. The van der Waals surface area contributed by atoms with Crippen LogP contribution in [0.4, 0.5) is 0 Å². The van der Waals surface area contributed by atoms with Crippen LogP contribution in [0.5, 0.6) is 0 Å². The van der Waals surface area contributed by atoms with Gasteiger partial charge in [-0.05, 0) is 30.9 Å². The van der Waals surface area contributed by atoms with Crippen LogP contribution in [0.2, 0.25) is 0 Å². The lowest BCUT2D eigenvalue weighted by Gasteiger charge is -2.30. The van der Waals surface area contributed by atoms with Gasteiger partial charge < -0.3 is 10.6 Å². The Balaban J connectivity index is 2.20. The molecular formula is C16H25N3O. The van der Waals surface area contributed by atoms with E-state index < -0.39 is 0 Å². The average Bonchev–Trinajstić information content (AvgIpc) is 2.98. The van der Waals surface area contributed by atoms with Crippen molar-refractivity contribution in [3.05, 3.63) is 29.6 Å². The molecule has 0 saturated heterocycles. The van der Waals surface area contributed by atoms with Gasteiger partial charge in [0.05, 0.1) is 5.69 Å². The van der Waals surface area contributed by atoms with Gasteiger partial charge in [0.2, 0.25) is 0 Å². The molecule has 1 aliphatic carbocycles. The van der Waals surface area contributed by atoms with Gasteiger partial charge in [0, 0.05) is 30.9 Å². The maximum atomic E-state index is 12.8. The smallest absolute Gasteiger partial charge is 0.254 e. The Morgan fingerprint density at radius 1 is 1.45 bits per heavy atom. The number of rotatable bonds is 5. The van der Waals surface area contributed by atoms with E-state index in [0.717, 1.165) is 25.1 Å². The summed E-state index contributed by atoms with van der Waals surface area (Å²) < 4.78 is 0. The number of hydrogen-bond donors (Lipinski definition) is 1. The van der Waals surface area contributed by atoms with Crippen molar-refractivity contribution < 1.29 is 4.79 Å². The van der Waals surface area contributed by atoms with Crippen molar-refractivity contribution in [1.29, 1.82) is 0 Å². The molecule has 0 atom stereocenters. The minimum Gasteiger partial charge on any atom is -0.335 e. The molecule has 1 fully saturated rings. The van der Waals surface area contributed by atoms with Crippen LogP contribution >= 0.6 is 0 Å².